The summed E-state index contributed by atoms with van der Waals surface area (Å²) in [4.78, 5) is 29.3. The molecule has 3 aromatic rings. The summed E-state index contributed by atoms with van der Waals surface area (Å²) < 4.78 is 28.8. The Morgan fingerprint density at radius 3 is 2.00 bits per heavy atom. The van der Waals surface area contributed by atoms with Gasteiger partial charge in [0.2, 0.25) is 11.8 Å². The molecule has 2 atom stereocenters. The van der Waals surface area contributed by atoms with Crippen molar-refractivity contribution >= 4 is 39.3 Å². The highest BCUT2D eigenvalue weighted by Gasteiger charge is 2.35. The number of amides is 2. The summed E-state index contributed by atoms with van der Waals surface area (Å²) in [5, 5.41) is 3.57. The zero-order valence-corrected chi connectivity index (χ0v) is 24.9. The monoisotopic (exact) mass is 584 g/mol. The Morgan fingerprint density at radius 1 is 0.875 bits per heavy atom. The molecule has 0 aliphatic rings. The number of nitrogens with one attached hydrogen (secondary N) is 1. The lowest BCUT2D eigenvalue weighted by molar-refractivity contribution is -0.140. The zero-order chi connectivity index (χ0) is 29.3. The fraction of sp³-hybridized carbons (Fsp3) is 0.333. The third-order valence-electron chi connectivity index (χ3n) is 6.60. The van der Waals surface area contributed by atoms with Crippen molar-refractivity contribution in [2.75, 3.05) is 24.9 Å². The first kappa shape index (κ1) is 31.1. The van der Waals surface area contributed by atoms with Crippen molar-refractivity contribution < 1.29 is 18.0 Å². The minimum atomic E-state index is -4.03. The van der Waals surface area contributed by atoms with Crippen LogP contribution in [0.1, 0.15) is 31.4 Å². The Balaban J connectivity index is 2.07. The van der Waals surface area contributed by atoms with Crippen molar-refractivity contribution in [1.82, 2.24) is 14.5 Å². The van der Waals surface area contributed by atoms with Gasteiger partial charge < -0.3 is 10.2 Å². The summed E-state index contributed by atoms with van der Waals surface area (Å²) in [5.41, 5.74) is 1.98. The molecule has 0 bridgehead atoms. The zero-order valence-electron chi connectivity index (χ0n) is 23.3. The lowest BCUT2D eigenvalue weighted by Gasteiger charge is -2.35. The van der Waals surface area contributed by atoms with Crippen LogP contribution in [0.5, 0.6) is 0 Å². The Labute approximate surface area is 242 Å². The standard InChI is InChI=1S/C30H37ClN4O4S/c1-5-23(2)32-30(37)28(20-24-12-8-6-9-13-24)34(21-25-16-18-26(31)19-17-25)29(36)22-35(40(38,39)33(3)4)27-14-10-7-11-15-27/h6-19,23,28H,5,20-22H2,1-4H3,(H,32,37)/t23-,28-/m1/s1. The van der Waals surface area contributed by atoms with E-state index in [1.807, 2.05) is 44.2 Å². The molecule has 0 fully saturated rings. The van der Waals surface area contributed by atoms with E-state index in [-0.39, 0.29) is 24.9 Å². The summed E-state index contributed by atoms with van der Waals surface area (Å²) in [6.07, 6.45) is 0.978. The number of benzene rings is 3. The van der Waals surface area contributed by atoms with Gasteiger partial charge in [0, 0.05) is 38.1 Å². The van der Waals surface area contributed by atoms with Gasteiger partial charge >= 0.3 is 10.2 Å². The van der Waals surface area contributed by atoms with Gasteiger partial charge in [0.25, 0.3) is 0 Å². The number of anilines is 1. The Morgan fingerprint density at radius 2 is 1.45 bits per heavy atom. The molecule has 0 aliphatic heterocycles. The molecule has 3 rings (SSSR count). The molecule has 0 heterocycles. The number of hydrogen-bond acceptors (Lipinski definition) is 4. The predicted molar refractivity (Wildman–Crippen MR) is 160 cm³/mol. The Kier molecular flexibility index (Phi) is 11.1. The minimum Gasteiger partial charge on any atom is -0.352 e. The number of para-hydroxylation sites is 1. The van der Waals surface area contributed by atoms with Crippen LogP contribution in [0.25, 0.3) is 0 Å². The van der Waals surface area contributed by atoms with Gasteiger partial charge in [0.15, 0.2) is 0 Å². The molecule has 0 spiro atoms. The predicted octanol–water partition coefficient (Wildman–Crippen LogP) is 4.51. The van der Waals surface area contributed by atoms with E-state index >= 15 is 0 Å². The summed E-state index contributed by atoms with van der Waals surface area (Å²) in [6.45, 7) is 3.48. The topological polar surface area (TPSA) is 90.0 Å². The maximum atomic E-state index is 14.2. The Hall–Kier alpha value is -3.40. The number of nitrogens with zero attached hydrogens (tertiary/aromatic N) is 3. The third-order valence-corrected chi connectivity index (χ3v) is 8.67. The molecule has 0 aliphatic carbocycles. The number of halogens is 1. The van der Waals surface area contributed by atoms with Gasteiger partial charge in [-0.2, -0.15) is 12.7 Å². The van der Waals surface area contributed by atoms with Crippen molar-refractivity contribution in [1.29, 1.82) is 0 Å². The number of carbonyl (C=O) groups excluding carboxylic acids is 2. The van der Waals surface area contributed by atoms with Crippen LogP contribution in [-0.4, -0.2) is 62.2 Å². The molecule has 1 N–H and O–H groups in total. The minimum absolute atomic E-state index is 0.0894. The smallest absolute Gasteiger partial charge is 0.304 e. The molecule has 2 amide bonds. The number of hydrogen-bond donors (Lipinski definition) is 1. The van der Waals surface area contributed by atoms with Crippen molar-refractivity contribution in [2.24, 2.45) is 0 Å². The maximum Gasteiger partial charge on any atom is 0.304 e. The first-order valence-corrected chi connectivity index (χ1v) is 14.9. The highest BCUT2D eigenvalue weighted by Crippen LogP contribution is 2.22. The van der Waals surface area contributed by atoms with Gasteiger partial charge in [0.1, 0.15) is 12.6 Å². The van der Waals surface area contributed by atoms with Crippen molar-refractivity contribution in [2.45, 2.75) is 45.3 Å². The second kappa shape index (κ2) is 14.3. The lowest BCUT2D eigenvalue weighted by Crippen LogP contribution is -2.55. The molecule has 0 saturated carbocycles. The molecule has 10 heteroatoms. The quantitative estimate of drug-likeness (QED) is 0.320. The van der Waals surface area contributed by atoms with Crippen LogP contribution in [0.4, 0.5) is 5.69 Å². The fourth-order valence-corrected chi connectivity index (χ4v) is 5.27. The van der Waals surface area contributed by atoms with E-state index in [2.05, 4.69) is 5.32 Å². The highest BCUT2D eigenvalue weighted by molar-refractivity contribution is 7.90. The first-order valence-electron chi connectivity index (χ1n) is 13.2. The molecule has 40 heavy (non-hydrogen) atoms. The van der Waals surface area contributed by atoms with Gasteiger partial charge in [-0.15, -0.1) is 0 Å². The molecule has 0 radical (unpaired) electrons. The second-order valence-corrected chi connectivity index (χ2v) is 12.3. The van der Waals surface area contributed by atoms with E-state index in [0.717, 1.165) is 26.2 Å². The number of carbonyl (C=O) groups is 2. The van der Waals surface area contributed by atoms with E-state index in [4.69, 9.17) is 11.6 Å². The van der Waals surface area contributed by atoms with Crippen LogP contribution in [0.3, 0.4) is 0 Å². The van der Waals surface area contributed by atoms with Gasteiger partial charge in [-0.3, -0.25) is 9.59 Å². The van der Waals surface area contributed by atoms with Gasteiger partial charge in [-0.1, -0.05) is 79.2 Å². The summed E-state index contributed by atoms with van der Waals surface area (Å²) in [5.74, 6) is -0.813. The second-order valence-electron chi connectivity index (χ2n) is 9.80. The van der Waals surface area contributed by atoms with Crippen LogP contribution < -0.4 is 9.62 Å². The average molecular weight is 585 g/mol. The molecule has 0 saturated heterocycles. The van der Waals surface area contributed by atoms with Crippen molar-refractivity contribution in [3.05, 3.63) is 101 Å². The molecule has 0 aromatic heterocycles. The SMILES string of the molecule is CC[C@@H](C)NC(=O)[C@@H](Cc1ccccc1)N(Cc1ccc(Cl)cc1)C(=O)CN(c1ccccc1)S(=O)(=O)N(C)C. The summed E-state index contributed by atoms with van der Waals surface area (Å²) in [6, 6.07) is 23.9. The van der Waals surface area contributed by atoms with E-state index in [1.165, 1.54) is 19.0 Å². The van der Waals surface area contributed by atoms with Crippen molar-refractivity contribution in [3.63, 3.8) is 0 Å². The van der Waals surface area contributed by atoms with E-state index in [9.17, 15) is 18.0 Å². The number of rotatable bonds is 13. The summed E-state index contributed by atoms with van der Waals surface area (Å²) in [7, 11) is -1.19. The van der Waals surface area contributed by atoms with Crippen LogP contribution in [0, 0.1) is 0 Å². The van der Waals surface area contributed by atoms with Crippen molar-refractivity contribution in [3.8, 4) is 0 Å². The molecule has 3 aromatic carbocycles. The van der Waals surface area contributed by atoms with Crippen LogP contribution in [-0.2, 0) is 32.8 Å². The van der Waals surface area contributed by atoms with Crippen LogP contribution >= 0.6 is 11.6 Å². The lowest BCUT2D eigenvalue weighted by atomic mass is 10.0. The Bertz CT molecular complexity index is 1350. The van der Waals surface area contributed by atoms with Crippen LogP contribution in [0.15, 0.2) is 84.9 Å². The third kappa shape index (κ3) is 8.30. The van der Waals surface area contributed by atoms with E-state index < -0.39 is 28.7 Å². The molecular weight excluding hydrogens is 548 g/mol. The van der Waals surface area contributed by atoms with Gasteiger partial charge in [-0.25, -0.2) is 4.31 Å². The fourth-order valence-electron chi connectivity index (χ4n) is 4.09. The van der Waals surface area contributed by atoms with E-state index in [0.29, 0.717) is 10.7 Å². The largest absolute Gasteiger partial charge is 0.352 e. The van der Waals surface area contributed by atoms with Crippen LogP contribution in [0.2, 0.25) is 5.02 Å². The van der Waals surface area contributed by atoms with E-state index in [1.54, 1.807) is 54.6 Å². The normalized spacial score (nSPS) is 12.9. The molecule has 214 valence electrons. The average Bonchev–Trinajstić information content (AvgIpc) is 2.95. The summed E-state index contributed by atoms with van der Waals surface area (Å²) >= 11 is 6.10. The molecular formula is C30H37ClN4O4S. The van der Waals surface area contributed by atoms with Gasteiger partial charge in [0.05, 0.1) is 5.69 Å². The first-order chi connectivity index (χ1) is 19.0. The molecule has 8 nitrogen and oxygen atoms in total. The molecule has 0 unspecified atom stereocenters. The maximum absolute atomic E-state index is 14.2. The van der Waals surface area contributed by atoms with Gasteiger partial charge in [-0.05, 0) is 48.7 Å². The highest BCUT2D eigenvalue weighted by atomic mass is 35.5.